The maximum Gasteiger partial charge on any atom is 0.472 e. The number of phosphoric ester groups is 2. The summed E-state index contributed by atoms with van der Waals surface area (Å²) >= 11 is 0. The van der Waals surface area contributed by atoms with Crippen molar-refractivity contribution in [2.75, 3.05) is 39.6 Å². The van der Waals surface area contributed by atoms with Gasteiger partial charge in [0.1, 0.15) is 19.3 Å². The summed E-state index contributed by atoms with van der Waals surface area (Å²) in [5.74, 6) is -2.26. The largest absolute Gasteiger partial charge is 0.472 e. The molecule has 0 aromatic carbocycles. The number of carbonyl (C=O) groups is 4. The van der Waals surface area contributed by atoms with Crippen molar-refractivity contribution in [1.82, 2.24) is 0 Å². The highest BCUT2D eigenvalue weighted by atomic mass is 31.2. The van der Waals surface area contributed by atoms with Crippen LogP contribution in [0.2, 0.25) is 0 Å². The summed E-state index contributed by atoms with van der Waals surface area (Å²) in [6, 6.07) is 0. The number of carbonyl (C=O) groups excluding carboxylic acids is 4. The number of rotatable bonds is 76. The summed E-state index contributed by atoms with van der Waals surface area (Å²) in [5, 5.41) is 10.7. The molecule has 0 radical (unpaired) electrons. The first-order valence-electron chi connectivity index (χ1n) is 41.1. The van der Waals surface area contributed by atoms with Crippen molar-refractivity contribution in [1.29, 1.82) is 0 Å². The summed E-state index contributed by atoms with van der Waals surface area (Å²) in [4.78, 5) is 73.1. The Kier molecular flexibility index (Phi) is 74.3. The molecule has 0 amide bonds. The van der Waals surface area contributed by atoms with Crippen LogP contribution in [0.5, 0.6) is 0 Å². The topological polar surface area (TPSA) is 237 Å². The standard InChI is InChI=1S/C87H146O17P2/c1-5-9-13-17-21-25-29-33-36-38-40-42-45-48-51-55-59-63-67-71-84(89)97-77-82(103-86(91)73-69-65-61-57-53-47-32-28-24-20-16-12-8-4)79-101-105(93,94)99-75-81(88)76-100-106(95,96)102-80-83(104-87(92)74-70-66-62-58-54-50-44-35-31-27-23-19-15-11-7-3)78-98-85(90)72-68-64-60-56-52-49-46-43-41-39-37-34-30-26-22-18-14-10-6-2/h9,11,13,15,21-23,25-28,32-37,40-44,54,58,81-83,88H,5-8,10,12,14,16-20,24,29-31,38-39,45-53,55-57,59-80H2,1-4H3,(H,93,94)(H,95,96)/b13-9-,15-11-,25-21-,26-22-,27-23-,32-28-,36-33-,37-34-,42-40-,43-41-,44-35-,58-54-. The Morgan fingerprint density at radius 2 is 0.491 bits per heavy atom. The molecule has 106 heavy (non-hydrogen) atoms. The highest BCUT2D eigenvalue weighted by Gasteiger charge is 2.30. The van der Waals surface area contributed by atoms with Gasteiger partial charge in [-0.3, -0.25) is 37.3 Å². The molecule has 0 aliphatic heterocycles. The molecule has 5 unspecified atom stereocenters. The number of hydrogen-bond acceptors (Lipinski definition) is 15. The van der Waals surface area contributed by atoms with Gasteiger partial charge in [0.05, 0.1) is 26.4 Å². The predicted octanol–water partition coefficient (Wildman–Crippen LogP) is 24.2. The Morgan fingerprint density at radius 3 is 0.802 bits per heavy atom. The van der Waals surface area contributed by atoms with Crippen LogP contribution in [0.1, 0.15) is 323 Å². The van der Waals surface area contributed by atoms with Crippen molar-refractivity contribution in [2.24, 2.45) is 0 Å². The molecule has 0 aliphatic carbocycles. The number of esters is 4. The Labute approximate surface area is 643 Å². The third-order valence-corrected chi connectivity index (χ3v) is 18.7. The van der Waals surface area contributed by atoms with E-state index in [4.69, 9.17) is 37.0 Å². The van der Waals surface area contributed by atoms with Gasteiger partial charge in [0.25, 0.3) is 0 Å². The Bertz CT molecular complexity index is 2580. The van der Waals surface area contributed by atoms with Crippen molar-refractivity contribution in [3.63, 3.8) is 0 Å². The average molecular weight is 1530 g/mol. The number of allylic oxidation sites excluding steroid dienone is 24. The first-order chi connectivity index (χ1) is 51.7. The molecule has 0 saturated heterocycles. The summed E-state index contributed by atoms with van der Waals surface area (Å²) in [5.41, 5.74) is 0. The number of ether oxygens (including phenoxy) is 4. The van der Waals surface area contributed by atoms with Crippen LogP contribution in [-0.4, -0.2) is 96.7 Å². The predicted molar refractivity (Wildman–Crippen MR) is 436 cm³/mol. The minimum absolute atomic E-state index is 0.0358. The van der Waals surface area contributed by atoms with Gasteiger partial charge in [-0.25, -0.2) is 9.13 Å². The van der Waals surface area contributed by atoms with E-state index in [9.17, 15) is 43.2 Å². The summed E-state index contributed by atoms with van der Waals surface area (Å²) < 4.78 is 68.6. The van der Waals surface area contributed by atoms with E-state index >= 15 is 0 Å². The molecule has 606 valence electrons. The maximum atomic E-state index is 13.1. The monoisotopic (exact) mass is 1530 g/mol. The van der Waals surface area contributed by atoms with E-state index < -0.39 is 97.5 Å². The summed E-state index contributed by atoms with van der Waals surface area (Å²) in [6.07, 6.45) is 89.6. The van der Waals surface area contributed by atoms with E-state index in [1.807, 2.05) is 0 Å². The zero-order valence-electron chi connectivity index (χ0n) is 66.3. The molecule has 0 heterocycles. The lowest BCUT2D eigenvalue weighted by atomic mass is 10.1. The van der Waals surface area contributed by atoms with E-state index in [-0.39, 0.29) is 25.7 Å². The first-order valence-corrected chi connectivity index (χ1v) is 44.1. The van der Waals surface area contributed by atoms with Crippen LogP contribution >= 0.6 is 15.6 Å². The van der Waals surface area contributed by atoms with E-state index in [1.54, 1.807) is 0 Å². The highest BCUT2D eigenvalue weighted by Crippen LogP contribution is 2.45. The van der Waals surface area contributed by atoms with Crippen LogP contribution < -0.4 is 0 Å². The van der Waals surface area contributed by atoms with E-state index in [2.05, 4.69) is 174 Å². The fourth-order valence-electron chi connectivity index (χ4n) is 10.6. The Hall–Kier alpha value is -5.06. The number of aliphatic hydroxyl groups is 1. The van der Waals surface area contributed by atoms with Crippen LogP contribution in [0.15, 0.2) is 146 Å². The minimum Gasteiger partial charge on any atom is -0.462 e. The molecular formula is C87H146O17P2. The SMILES string of the molecule is CC/C=C\C/C=C\C/C=C\C/C=C\CCCCCCCCC(=O)OCC(COP(=O)(O)OCC(O)COP(=O)(O)OCC(COC(=O)CCCCCCCC/C=C\C/C=C\C/C=C\CCCCC)OC(=O)CCCC/C=C\C/C=C\C/C=C\C/C=C\CC)OC(=O)CCCCCCC/C=C\CCCCCC. The van der Waals surface area contributed by atoms with Gasteiger partial charge in [-0.15, -0.1) is 0 Å². The fourth-order valence-corrected chi connectivity index (χ4v) is 12.1. The summed E-state index contributed by atoms with van der Waals surface area (Å²) in [6.45, 7) is 4.53. The number of aliphatic hydroxyl groups excluding tert-OH is 1. The molecular weight excluding hydrogens is 1380 g/mol. The van der Waals surface area contributed by atoms with Crippen LogP contribution in [0.3, 0.4) is 0 Å². The van der Waals surface area contributed by atoms with E-state index in [0.717, 1.165) is 193 Å². The van der Waals surface area contributed by atoms with Crippen molar-refractivity contribution >= 4 is 39.5 Å². The molecule has 0 spiro atoms. The lowest BCUT2D eigenvalue weighted by Gasteiger charge is -2.21. The second-order valence-corrected chi connectivity index (χ2v) is 29.8. The van der Waals surface area contributed by atoms with Crippen LogP contribution in [0, 0.1) is 0 Å². The zero-order valence-corrected chi connectivity index (χ0v) is 68.1. The van der Waals surface area contributed by atoms with Crippen molar-refractivity contribution < 1.29 is 80.2 Å². The Morgan fingerprint density at radius 1 is 0.274 bits per heavy atom. The van der Waals surface area contributed by atoms with Gasteiger partial charge in [0.2, 0.25) is 0 Å². The smallest absolute Gasteiger partial charge is 0.462 e. The van der Waals surface area contributed by atoms with Gasteiger partial charge in [0.15, 0.2) is 12.2 Å². The molecule has 19 heteroatoms. The molecule has 0 saturated carbocycles. The average Bonchev–Trinajstić information content (AvgIpc) is 0.901. The van der Waals surface area contributed by atoms with E-state index in [0.29, 0.717) is 32.1 Å². The van der Waals surface area contributed by atoms with Crippen molar-refractivity contribution in [3.8, 4) is 0 Å². The third-order valence-electron chi connectivity index (χ3n) is 16.8. The molecule has 17 nitrogen and oxygen atoms in total. The molecule has 0 aliphatic rings. The van der Waals surface area contributed by atoms with Gasteiger partial charge < -0.3 is 33.8 Å². The van der Waals surface area contributed by atoms with Crippen molar-refractivity contribution in [3.05, 3.63) is 146 Å². The quantitative estimate of drug-likeness (QED) is 0.0169. The van der Waals surface area contributed by atoms with E-state index in [1.165, 1.54) is 44.9 Å². The van der Waals surface area contributed by atoms with Gasteiger partial charge in [-0.05, 0) is 167 Å². The minimum atomic E-state index is -5.00. The molecule has 0 aromatic rings. The first kappa shape index (κ1) is 101. The second kappa shape index (κ2) is 78.1. The van der Waals surface area contributed by atoms with Crippen LogP contribution in [-0.2, 0) is 65.4 Å². The third kappa shape index (κ3) is 77.1. The van der Waals surface area contributed by atoms with Gasteiger partial charge >= 0.3 is 39.5 Å². The van der Waals surface area contributed by atoms with Crippen LogP contribution in [0.25, 0.3) is 0 Å². The highest BCUT2D eigenvalue weighted by molar-refractivity contribution is 7.47. The van der Waals surface area contributed by atoms with Crippen molar-refractivity contribution in [2.45, 2.75) is 341 Å². The molecule has 3 N–H and O–H groups in total. The maximum absolute atomic E-state index is 13.1. The fraction of sp³-hybridized carbons (Fsp3) is 0.678. The number of phosphoric acid groups is 2. The molecule has 0 bridgehead atoms. The lowest BCUT2D eigenvalue weighted by molar-refractivity contribution is -0.161. The van der Waals surface area contributed by atoms with Gasteiger partial charge in [0, 0.05) is 25.7 Å². The lowest BCUT2D eigenvalue weighted by Crippen LogP contribution is -2.30. The van der Waals surface area contributed by atoms with Crippen LogP contribution in [0.4, 0.5) is 0 Å². The van der Waals surface area contributed by atoms with Gasteiger partial charge in [-0.2, -0.15) is 0 Å². The van der Waals surface area contributed by atoms with Gasteiger partial charge in [-0.1, -0.05) is 276 Å². The zero-order chi connectivity index (χ0) is 77.4. The summed E-state index contributed by atoms with van der Waals surface area (Å²) in [7, 11) is -9.99. The number of unbranched alkanes of at least 4 members (excludes halogenated alkanes) is 26. The Balaban J connectivity index is 5.40. The molecule has 0 rings (SSSR count). The molecule has 0 aromatic heterocycles. The second-order valence-electron chi connectivity index (χ2n) is 26.9. The normalized spacial score (nSPS) is 14.6. The molecule has 0 fully saturated rings. The number of hydrogen-bond donors (Lipinski definition) is 3. The molecule has 5 atom stereocenters.